The molecule has 0 heterocycles. The lowest BCUT2D eigenvalue weighted by atomic mass is 9.77. The van der Waals surface area contributed by atoms with Crippen LogP contribution < -0.4 is 11.1 Å². The number of carbonyl (C=O) groups is 2. The summed E-state index contributed by atoms with van der Waals surface area (Å²) in [7, 11) is 1.60. The molecule has 0 saturated heterocycles. The van der Waals surface area contributed by atoms with Crippen LogP contribution in [-0.2, 0) is 9.53 Å². The van der Waals surface area contributed by atoms with Gasteiger partial charge in [0.1, 0.15) is 0 Å². The monoisotopic (exact) mass is 278 g/mol. The van der Waals surface area contributed by atoms with Crippen LogP contribution in [-0.4, -0.2) is 29.7 Å². The van der Waals surface area contributed by atoms with Crippen molar-refractivity contribution in [1.29, 1.82) is 0 Å². The highest BCUT2D eigenvalue weighted by Crippen LogP contribution is 2.38. The number of carboxylic acids is 1. The maximum absolute atomic E-state index is 12.0. The van der Waals surface area contributed by atoms with Gasteiger partial charge in [-0.15, -0.1) is 0 Å². The molecule has 2 rings (SSSR count). The quantitative estimate of drug-likeness (QED) is 0.714. The van der Waals surface area contributed by atoms with E-state index >= 15 is 0 Å². The lowest BCUT2D eigenvalue weighted by Gasteiger charge is -2.39. The van der Waals surface area contributed by atoms with Crippen molar-refractivity contribution < 1.29 is 19.4 Å². The first-order valence-corrected chi connectivity index (χ1v) is 6.44. The number of carboxylic acid groups (broad SMARTS) is 1. The predicted octanol–water partition coefficient (Wildman–Crippen LogP) is 1.86. The van der Waals surface area contributed by atoms with E-state index in [9.17, 15) is 9.59 Å². The number of methoxy groups -OCH3 is 1. The number of nitrogens with one attached hydrogen (secondary N) is 1. The number of hydrogen-bond acceptors (Lipinski definition) is 4. The van der Waals surface area contributed by atoms with Crippen molar-refractivity contribution in [1.82, 2.24) is 0 Å². The number of hydrogen-bond donors (Lipinski definition) is 3. The zero-order chi connectivity index (χ0) is 14.8. The van der Waals surface area contributed by atoms with Crippen LogP contribution in [0.4, 0.5) is 11.4 Å². The average molecular weight is 278 g/mol. The first-order valence-electron chi connectivity index (χ1n) is 6.44. The first-order chi connectivity index (χ1) is 9.46. The molecule has 108 valence electrons. The molecular formula is C14H18N2O4. The topological polar surface area (TPSA) is 102 Å². The van der Waals surface area contributed by atoms with E-state index in [1.165, 1.54) is 12.1 Å². The van der Waals surface area contributed by atoms with Crippen molar-refractivity contribution in [2.24, 2.45) is 0 Å². The van der Waals surface area contributed by atoms with Gasteiger partial charge in [0.15, 0.2) is 0 Å². The summed E-state index contributed by atoms with van der Waals surface area (Å²) in [5, 5.41) is 11.7. The van der Waals surface area contributed by atoms with Crippen LogP contribution in [0.5, 0.6) is 0 Å². The number of amides is 1. The van der Waals surface area contributed by atoms with Gasteiger partial charge in [-0.3, -0.25) is 4.79 Å². The van der Waals surface area contributed by atoms with Gasteiger partial charge in [0.2, 0.25) is 5.91 Å². The van der Waals surface area contributed by atoms with Gasteiger partial charge in [0.05, 0.1) is 23.3 Å². The maximum atomic E-state index is 12.0. The standard InChI is InChI=1S/C14H18N2O4/c1-20-14(5-2-6-14)8-12(17)16-11-4-3-9(15)7-10(11)13(18)19/h3-4,7H,2,5-6,8,15H2,1H3,(H,16,17)(H,18,19). The van der Waals surface area contributed by atoms with Crippen molar-refractivity contribution in [3.63, 3.8) is 0 Å². The number of aromatic carboxylic acids is 1. The predicted molar refractivity (Wildman–Crippen MR) is 74.7 cm³/mol. The van der Waals surface area contributed by atoms with E-state index in [1.54, 1.807) is 13.2 Å². The molecule has 6 nitrogen and oxygen atoms in total. The highest BCUT2D eigenvalue weighted by atomic mass is 16.5. The summed E-state index contributed by atoms with van der Waals surface area (Å²) in [5.74, 6) is -1.38. The lowest BCUT2D eigenvalue weighted by molar-refractivity contribution is -0.129. The van der Waals surface area contributed by atoms with Crippen molar-refractivity contribution in [2.45, 2.75) is 31.3 Å². The first kappa shape index (κ1) is 14.3. The zero-order valence-corrected chi connectivity index (χ0v) is 11.3. The number of rotatable bonds is 5. The molecule has 1 saturated carbocycles. The van der Waals surface area contributed by atoms with E-state index in [-0.39, 0.29) is 29.2 Å². The third-order valence-electron chi connectivity index (χ3n) is 3.73. The molecule has 1 amide bonds. The molecule has 0 unspecified atom stereocenters. The van der Waals surface area contributed by atoms with Crippen LogP contribution in [0.2, 0.25) is 0 Å². The minimum Gasteiger partial charge on any atom is -0.478 e. The minimum atomic E-state index is -1.13. The average Bonchev–Trinajstić information content (AvgIpc) is 2.36. The van der Waals surface area contributed by atoms with Crippen LogP contribution >= 0.6 is 0 Å². The van der Waals surface area contributed by atoms with E-state index < -0.39 is 5.97 Å². The molecular weight excluding hydrogens is 260 g/mol. The van der Waals surface area contributed by atoms with Crippen LogP contribution in [0.1, 0.15) is 36.0 Å². The number of nitrogen functional groups attached to an aromatic ring is 1. The van der Waals surface area contributed by atoms with E-state index in [2.05, 4.69) is 5.32 Å². The Hall–Kier alpha value is -2.08. The molecule has 6 heteroatoms. The molecule has 1 aromatic rings. The summed E-state index contributed by atoms with van der Waals surface area (Å²) >= 11 is 0. The smallest absolute Gasteiger partial charge is 0.337 e. The summed E-state index contributed by atoms with van der Waals surface area (Å²) in [6.45, 7) is 0. The highest BCUT2D eigenvalue weighted by Gasteiger charge is 2.39. The number of anilines is 2. The van der Waals surface area contributed by atoms with Gasteiger partial charge in [-0.25, -0.2) is 4.79 Å². The van der Waals surface area contributed by atoms with Gasteiger partial charge in [-0.05, 0) is 37.5 Å². The summed E-state index contributed by atoms with van der Waals surface area (Å²) in [5.41, 5.74) is 5.74. The number of nitrogens with two attached hydrogens (primary N) is 1. The Morgan fingerprint density at radius 3 is 2.65 bits per heavy atom. The molecule has 0 spiro atoms. The summed E-state index contributed by atoms with van der Waals surface area (Å²) in [6, 6.07) is 4.38. The highest BCUT2D eigenvalue weighted by molar-refractivity contribution is 6.01. The normalized spacial score (nSPS) is 16.2. The Balaban J connectivity index is 2.10. The number of benzene rings is 1. The van der Waals surface area contributed by atoms with Gasteiger partial charge in [-0.2, -0.15) is 0 Å². The van der Waals surface area contributed by atoms with Crippen molar-refractivity contribution in [3.05, 3.63) is 23.8 Å². The molecule has 0 atom stereocenters. The summed E-state index contributed by atoms with van der Waals surface area (Å²) < 4.78 is 5.38. The second-order valence-corrected chi connectivity index (χ2v) is 5.08. The summed E-state index contributed by atoms with van der Waals surface area (Å²) in [4.78, 5) is 23.2. The Morgan fingerprint density at radius 2 is 2.15 bits per heavy atom. The van der Waals surface area contributed by atoms with E-state index in [0.717, 1.165) is 19.3 Å². The fourth-order valence-corrected chi connectivity index (χ4v) is 2.36. The Labute approximate surface area is 116 Å². The second kappa shape index (κ2) is 5.50. The molecule has 0 bridgehead atoms. The largest absolute Gasteiger partial charge is 0.478 e. The second-order valence-electron chi connectivity index (χ2n) is 5.08. The Morgan fingerprint density at radius 1 is 1.45 bits per heavy atom. The van der Waals surface area contributed by atoms with Crippen LogP contribution in [0.25, 0.3) is 0 Å². The van der Waals surface area contributed by atoms with Crippen LogP contribution in [0.15, 0.2) is 18.2 Å². The van der Waals surface area contributed by atoms with Crippen molar-refractivity contribution in [3.8, 4) is 0 Å². The molecule has 20 heavy (non-hydrogen) atoms. The van der Waals surface area contributed by atoms with Crippen molar-refractivity contribution >= 4 is 23.3 Å². The van der Waals surface area contributed by atoms with Gasteiger partial charge < -0.3 is 20.9 Å². The molecule has 1 aromatic carbocycles. The molecule has 0 radical (unpaired) electrons. The SMILES string of the molecule is COC1(CC(=O)Nc2ccc(N)cc2C(=O)O)CCC1. The fourth-order valence-electron chi connectivity index (χ4n) is 2.36. The Bertz CT molecular complexity index is 532. The van der Waals surface area contributed by atoms with E-state index in [0.29, 0.717) is 5.69 Å². The molecule has 0 aliphatic heterocycles. The molecule has 1 fully saturated rings. The van der Waals surface area contributed by atoms with Gasteiger partial charge in [0, 0.05) is 12.8 Å². The minimum absolute atomic E-state index is 0.0153. The molecule has 4 N–H and O–H groups in total. The van der Waals surface area contributed by atoms with Gasteiger partial charge in [0.25, 0.3) is 0 Å². The molecule has 0 aromatic heterocycles. The number of carbonyl (C=O) groups excluding carboxylic acids is 1. The molecule has 1 aliphatic rings. The maximum Gasteiger partial charge on any atom is 0.337 e. The number of ether oxygens (including phenoxy) is 1. The lowest BCUT2D eigenvalue weighted by Crippen LogP contribution is -2.42. The third-order valence-corrected chi connectivity index (χ3v) is 3.73. The fraction of sp³-hybridized carbons (Fsp3) is 0.429. The van der Waals surface area contributed by atoms with Crippen LogP contribution in [0.3, 0.4) is 0 Å². The Kier molecular flexibility index (Phi) is 3.94. The van der Waals surface area contributed by atoms with Gasteiger partial charge >= 0.3 is 5.97 Å². The van der Waals surface area contributed by atoms with Gasteiger partial charge in [-0.1, -0.05) is 0 Å². The van der Waals surface area contributed by atoms with E-state index in [4.69, 9.17) is 15.6 Å². The summed E-state index contributed by atoms with van der Waals surface area (Å²) in [6.07, 6.45) is 2.98. The van der Waals surface area contributed by atoms with Crippen molar-refractivity contribution in [2.75, 3.05) is 18.2 Å². The van der Waals surface area contributed by atoms with Crippen LogP contribution in [0, 0.1) is 0 Å². The van der Waals surface area contributed by atoms with E-state index in [1.807, 2.05) is 0 Å². The zero-order valence-electron chi connectivity index (χ0n) is 11.3. The third kappa shape index (κ3) is 2.91. The molecule has 1 aliphatic carbocycles.